The van der Waals surface area contributed by atoms with Crippen LogP contribution in [0.3, 0.4) is 0 Å². The van der Waals surface area contributed by atoms with Gasteiger partial charge in [-0.3, -0.25) is 4.98 Å². The number of rotatable bonds is 3. The summed E-state index contributed by atoms with van der Waals surface area (Å²) in [5.74, 6) is -0.958. The minimum atomic E-state index is -1.15. The molecule has 20 heavy (non-hydrogen) atoms. The average Bonchev–Trinajstić information content (AvgIpc) is 2.66. The van der Waals surface area contributed by atoms with Gasteiger partial charge < -0.3 is 15.7 Å². The summed E-state index contributed by atoms with van der Waals surface area (Å²) in [5, 5.41) is 14.7. The van der Waals surface area contributed by atoms with Gasteiger partial charge in [0.05, 0.1) is 11.9 Å². The zero-order valence-electron chi connectivity index (χ0n) is 11.3. The first-order valence-corrected chi connectivity index (χ1v) is 6.85. The highest BCUT2D eigenvalue weighted by molar-refractivity contribution is 5.93. The Morgan fingerprint density at radius 1 is 1.20 bits per heavy atom. The molecule has 6 heteroatoms. The molecule has 0 radical (unpaired) electrons. The summed E-state index contributed by atoms with van der Waals surface area (Å²) in [4.78, 5) is 27.4. The molecular weight excluding hydrogens is 258 g/mol. The molecule has 3 N–H and O–H groups in total. The van der Waals surface area contributed by atoms with E-state index in [4.69, 9.17) is 0 Å². The number of carbonyl (C=O) groups is 2. The Morgan fingerprint density at radius 3 is 2.45 bits per heavy atom. The molecule has 1 heterocycles. The van der Waals surface area contributed by atoms with Gasteiger partial charge in [0.15, 0.2) is 0 Å². The van der Waals surface area contributed by atoms with Crippen molar-refractivity contribution in [1.29, 1.82) is 0 Å². The van der Waals surface area contributed by atoms with E-state index in [0.717, 1.165) is 25.7 Å². The Hall–Kier alpha value is -2.11. The lowest BCUT2D eigenvalue weighted by atomic mass is 9.90. The molecule has 1 aromatic rings. The average molecular weight is 277 g/mol. The van der Waals surface area contributed by atoms with Crippen LogP contribution in [-0.4, -0.2) is 27.6 Å². The molecule has 0 saturated heterocycles. The topological polar surface area (TPSA) is 91.3 Å². The molecule has 1 aliphatic rings. The zero-order chi connectivity index (χ0) is 14.4. The first-order valence-electron chi connectivity index (χ1n) is 6.85. The first kappa shape index (κ1) is 14.3. The number of nitrogens with zero attached hydrogens (tertiary/aromatic N) is 1. The van der Waals surface area contributed by atoms with Crippen LogP contribution in [-0.2, 0) is 4.79 Å². The van der Waals surface area contributed by atoms with Crippen molar-refractivity contribution >= 4 is 17.7 Å². The molecule has 0 spiro atoms. The van der Waals surface area contributed by atoms with Crippen molar-refractivity contribution in [2.75, 3.05) is 5.32 Å². The van der Waals surface area contributed by atoms with Crippen molar-refractivity contribution < 1.29 is 14.7 Å². The van der Waals surface area contributed by atoms with Gasteiger partial charge in [-0.1, -0.05) is 25.7 Å². The predicted molar refractivity (Wildman–Crippen MR) is 74.5 cm³/mol. The second kappa shape index (κ2) is 6.36. The Morgan fingerprint density at radius 2 is 1.90 bits per heavy atom. The van der Waals surface area contributed by atoms with Gasteiger partial charge in [0.1, 0.15) is 5.54 Å². The fourth-order valence-electron chi connectivity index (χ4n) is 2.54. The number of urea groups is 1. The number of hydrogen-bond donors (Lipinski definition) is 3. The number of nitrogens with one attached hydrogen (secondary N) is 2. The summed E-state index contributed by atoms with van der Waals surface area (Å²) in [5.41, 5.74) is -0.609. The smallest absolute Gasteiger partial charge is 0.329 e. The van der Waals surface area contributed by atoms with E-state index >= 15 is 0 Å². The zero-order valence-corrected chi connectivity index (χ0v) is 11.3. The van der Waals surface area contributed by atoms with Gasteiger partial charge in [-0.15, -0.1) is 0 Å². The quantitative estimate of drug-likeness (QED) is 0.740. The monoisotopic (exact) mass is 277 g/mol. The first-order chi connectivity index (χ1) is 9.62. The van der Waals surface area contributed by atoms with E-state index in [1.807, 2.05) is 0 Å². The number of hydrogen-bond acceptors (Lipinski definition) is 3. The van der Waals surface area contributed by atoms with Gasteiger partial charge in [-0.25, -0.2) is 9.59 Å². The Kier molecular flexibility index (Phi) is 4.55. The van der Waals surface area contributed by atoms with Crippen LogP contribution in [0.1, 0.15) is 38.5 Å². The Balaban J connectivity index is 2.04. The van der Waals surface area contributed by atoms with E-state index in [2.05, 4.69) is 15.6 Å². The van der Waals surface area contributed by atoms with E-state index in [-0.39, 0.29) is 0 Å². The van der Waals surface area contributed by atoms with E-state index in [9.17, 15) is 14.7 Å². The van der Waals surface area contributed by atoms with Crippen molar-refractivity contribution in [1.82, 2.24) is 10.3 Å². The lowest BCUT2D eigenvalue weighted by molar-refractivity contribution is -0.145. The SMILES string of the molecule is O=C(Nc1cccnc1)NC1(C(=O)O)CCCCCC1. The Bertz CT molecular complexity index is 468. The summed E-state index contributed by atoms with van der Waals surface area (Å²) in [6.45, 7) is 0. The highest BCUT2D eigenvalue weighted by atomic mass is 16.4. The van der Waals surface area contributed by atoms with Gasteiger partial charge in [0.2, 0.25) is 0 Å². The highest BCUT2D eigenvalue weighted by Gasteiger charge is 2.40. The normalized spacial score (nSPS) is 17.8. The minimum absolute atomic E-state index is 0.475. The van der Waals surface area contributed by atoms with Crippen LogP contribution < -0.4 is 10.6 Å². The molecule has 2 amide bonds. The second-order valence-electron chi connectivity index (χ2n) is 5.12. The summed E-state index contributed by atoms with van der Waals surface area (Å²) >= 11 is 0. The summed E-state index contributed by atoms with van der Waals surface area (Å²) in [6.07, 6.45) is 7.74. The molecule has 0 bridgehead atoms. The fourth-order valence-corrected chi connectivity index (χ4v) is 2.54. The number of carboxylic acids is 1. The molecule has 6 nitrogen and oxygen atoms in total. The minimum Gasteiger partial charge on any atom is -0.480 e. The van der Waals surface area contributed by atoms with Gasteiger partial charge in [-0.05, 0) is 25.0 Å². The van der Waals surface area contributed by atoms with Crippen LogP contribution in [0.2, 0.25) is 0 Å². The lowest BCUT2D eigenvalue weighted by Crippen LogP contribution is -2.55. The molecule has 0 aliphatic heterocycles. The third kappa shape index (κ3) is 3.46. The van der Waals surface area contributed by atoms with E-state index in [1.165, 1.54) is 6.20 Å². The molecule has 1 aliphatic carbocycles. The third-order valence-corrected chi connectivity index (χ3v) is 3.64. The predicted octanol–water partition coefficient (Wildman–Crippen LogP) is 2.38. The standard InChI is InChI=1S/C14H19N3O3/c18-12(19)14(7-3-1-2-4-8-14)17-13(20)16-11-6-5-9-15-10-11/h5-6,9-10H,1-4,7-8H2,(H,18,19)(H2,16,17,20). The number of anilines is 1. The van der Waals surface area contributed by atoms with Crippen molar-refractivity contribution in [3.05, 3.63) is 24.5 Å². The summed E-state index contributed by atoms with van der Waals surface area (Å²) in [6, 6.07) is 2.91. The number of carbonyl (C=O) groups excluding carboxylic acids is 1. The fraction of sp³-hybridized carbons (Fsp3) is 0.500. The highest BCUT2D eigenvalue weighted by Crippen LogP contribution is 2.27. The van der Waals surface area contributed by atoms with Crippen molar-refractivity contribution in [3.63, 3.8) is 0 Å². The largest absolute Gasteiger partial charge is 0.480 e. The van der Waals surface area contributed by atoms with Crippen LogP contribution in [0.4, 0.5) is 10.5 Å². The van der Waals surface area contributed by atoms with Crippen molar-refractivity contribution in [2.24, 2.45) is 0 Å². The maximum absolute atomic E-state index is 12.0. The van der Waals surface area contributed by atoms with Crippen LogP contribution in [0.15, 0.2) is 24.5 Å². The van der Waals surface area contributed by atoms with E-state index in [0.29, 0.717) is 18.5 Å². The lowest BCUT2D eigenvalue weighted by Gasteiger charge is -2.29. The van der Waals surface area contributed by atoms with Crippen LogP contribution in [0, 0.1) is 0 Å². The molecule has 1 aromatic heterocycles. The number of aliphatic carboxylic acids is 1. The van der Waals surface area contributed by atoms with Crippen LogP contribution >= 0.6 is 0 Å². The summed E-state index contributed by atoms with van der Waals surface area (Å²) in [7, 11) is 0. The molecule has 0 aromatic carbocycles. The van der Waals surface area contributed by atoms with Crippen LogP contribution in [0.5, 0.6) is 0 Å². The van der Waals surface area contributed by atoms with Gasteiger partial charge in [0, 0.05) is 6.20 Å². The maximum atomic E-state index is 12.0. The van der Waals surface area contributed by atoms with E-state index in [1.54, 1.807) is 18.3 Å². The van der Waals surface area contributed by atoms with Crippen molar-refractivity contribution in [3.8, 4) is 0 Å². The molecule has 1 saturated carbocycles. The number of carboxylic acid groups (broad SMARTS) is 1. The molecular formula is C14H19N3O3. The van der Waals surface area contributed by atoms with Gasteiger partial charge in [0.25, 0.3) is 0 Å². The molecule has 2 rings (SSSR count). The molecule has 0 unspecified atom stereocenters. The molecule has 0 atom stereocenters. The van der Waals surface area contributed by atoms with Gasteiger partial charge in [-0.2, -0.15) is 0 Å². The van der Waals surface area contributed by atoms with E-state index < -0.39 is 17.5 Å². The number of pyridine rings is 1. The molecule has 108 valence electrons. The number of amides is 2. The third-order valence-electron chi connectivity index (χ3n) is 3.64. The summed E-state index contributed by atoms with van der Waals surface area (Å²) < 4.78 is 0. The van der Waals surface area contributed by atoms with Gasteiger partial charge >= 0.3 is 12.0 Å². The second-order valence-corrected chi connectivity index (χ2v) is 5.12. The Labute approximate surface area is 117 Å². The van der Waals surface area contributed by atoms with Crippen molar-refractivity contribution in [2.45, 2.75) is 44.1 Å². The van der Waals surface area contributed by atoms with Crippen LogP contribution in [0.25, 0.3) is 0 Å². The molecule has 1 fully saturated rings. The maximum Gasteiger partial charge on any atom is 0.329 e. The number of aromatic nitrogens is 1.